The summed E-state index contributed by atoms with van der Waals surface area (Å²) < 4.78 is 27.5. The monoisotopic (exact) mass is 347 g/mol. The second kappa shape index (κ2) is 6.18. The third-order valence-corrected chi connectivity index (χ3v) is 6.19. The molecule has 0 radical (unpaired) electrons. The summed E-state index contributed by atoms with van der Waals surface area (Å²) in [7, 11) is -3.49. The molecule has 0 amide bonds. The SMILES string of the molecule is O=S(=O)(NC1CCN(c2cc(C3CC3)[nH]n2)CC1)c1cccnc1. The fourth-order valence-corrected chi connectivity index (χ4v) is 4.38. The third kappa shape index (κ3) is 3.29. The zero-order valence-corrected chi connectivity index (χ0v) is 14.2. The van der Waals surface area contributed by atoms with E-state index in [0.29, 0.717) is 5.92 Å². The Balaban J connectivity index is 1.35. The van der Waals surface area contributed by atoms with Crippen LogP contribution in [0.2, 0.25) is 0 Å². The van der Waals surface area contributed by atoms with Crippen LogP contribution in [0.4, 0.5) is 5.82 Å². The van der Waals surface area contributed by atoms with Crippen LogP contribution in [-0.4, -0.2) is 42.7 Å². The van der Waals surface area contributed by atoms with Gasteiger partial charge in [0.25, 0.3) is 0 Å². The van der Waals surface area contributed by atoms with Crippen LogP contribution in [0.25, 0.3) is 0 Å². The lowest BCUT2D eigenvalue weighted by Crippen LogP contribution is -2.44. The molecule has 2 N–H and O–H groups in total. The van der Waals surface area contributed by atoms with Crippen molar-refractivity contribution in [1.82, 2.24) is 19.9 Å². The van der Waals surface area contributed by atoms with Gasteiger partial charge >= 0.3 is 0 Å². The zero-order valence-electron chi connectivity index (χ0n) is 13.4. The first-order chi connectivity index (χ1) is 11.6. The maximum absolute atomic E-state index is 12.4. The highest BCUT2D eigenvalue weighted by molar-refractivity contribution is 7.89. The molecule has 1 saturated carbocycles. The second-order valence-electron chi connectivity index (χ2n) is 6.53. The predicted octanol–water partition coefficient (Wildman–Crippen LogP) is 1.63. The smallest absolute Gasteiger partial charge is 0.242 e. The topological polar surface area (TPSA) is 91.0 Å². The number of nitrogens with zero attached hydrogens (tertiary/aromatic N) is 3. The van der Waals surface area contributed by atoms with Gasteiger partial charge in [0.2, 0.25) is 10.0 Å². The van der Waals surface area contributed by atoms with Crippen LogP contribution >= 0.6 is 0 Å². The lowest BCUT2D eigenvalue weighted by Gasteiger charge is -2.32. The largest absolute Gasteiger partial charge is 0.355 e. The van der Waals surface area contributed by atoms with Gasteiger partial charge in [-0.3, -0.25) is 10.1 Å². The molecule has 24 heavy (non-hydrogen) atoms. The van der Waals surface area contributed by atoms with Crippen LogP contribution in [0, 0.1) is 0 Å². The molecule has 0 spiro atoms. The summed E-state index contributed by atoms with van der Waals surface area (Å²) >= 11 is 0. The molecule has 0 unspecified atom stereocenters. The molecular weight excluding hydrogens is 326 g/mol. The highest BCUT2D eigenvalue weighted by Crippen LogP contribution is 2.40. The number of rotatable bonds is 5. The van der Waals surface area contributed by atoms with Crippen molar-refractivity contribution in [3.63, 3.8) is 0 Å². The Morgan fingerprint density at radius 2 is 2.00 bits per heavy atom. The van der Waals surface area contributed by atoms with E-state index in [1.807, 2.05) is 0 Å². The van der Waals surface area contributed by atoms with E-state index >= 15 is 0 Å². The van der Waals surface area contributed by atoms with E-state index in [-0.39, 0.29) is 10.9 Å². The van der Waals surface area contributed by atoms with Crippen molar-refractivity contribution in [2.75, 3.05) is 18.0 Å². The first-order valence-corrected chi connectivity index (χ1v) is 9.83. The molecule has 1 saturated heterocycles. The predicted molar refractivity (Wildman–Crippen MR) is 90.4 cm³/mol. The van der Waals surface area contributed by atoms with E-state index in [9.17, 15) is 8.42 Å². The molecule has 0 aromatic carbocycles. The summed E-state index contributed by atoms with van der Waals surface area (Å²) in [5, 5.41) is 7.53. The van der Waals surface area contributed by atoms with Crippen molar-refractivity contribution in [3.05, 3.63) is 36.3 Å². The molecule has 0 bridgehead atoms. The van der Waals surface area contributed by atoms with Crippen molar-refractivity contribution in [3.8, 4) is 0 Å². The summed E-state index contributed by atoms with van der Waals surface area (Å²) in [6.07, 6.45) is 6.98. The van der Waals surface area contributed by atoms with Gasteiger partial charge in [-0.2, -0.15) is 5.10 Å². The minimum absolute atomic E-state index is 0.0479. The van der Waals surface area contributed by atoms with Gasteiger partial charge in [0.05, 0.1) is 0 Å². The molecule has 0 atom stereocenters. The van der Waals surface area contributed by atoms with Crippen LogP contribution < -0.4 is 9.62 Å². The standard InChI is InChI=1S/C16H21N5O2S/c22-24(23,14-2-1-7-17-11-14)20-13-5-8-21(9-6-13)16-10-15(18-19-16)12-3-4-12/h1-2,7,10-13,20H,3-6,8-9H2,(H,18,19). The van der Waals surface area contributed by atoms with E-state index in [1.165, 1.54) is 24.7 Å². The number of nitrogens with one attached hydrogen (secondary N) is 2. The van der Waals surface area contributed by atoms with E-state index in [1.54, 1.807) is 18.3 Å². The number of aromatic nitrogens is 3. The molecule has 2 fully saturated rings. The van der Waals surface area contributed by atoms with Crippen molar-refractivity contribution in [2.45, 2.75) is 42.5 Å². The Morgan fingerprint density at radius 3 is 2.67 bits per heavy atom. The first-order valence-electron chi connectivity index (χ1n) is 8.34. The molecule has 3 heterocycles. The van der Waals surface area contributed by atoms with E-state index in [0.717, 1.165) is 31.7 Å². The quantitative estimate of drug-likeness (QED) is 0.858. The molecule has 8 heteroatoms. The zero-order chi connectivity index (χ0) is 16.6. The number of aromatic amines is 1. The molecular formula is C16H21N5O2S. The van der Waals surface area contributed by atoms with Crippen LogP contribution in [0.3, 0.4) is 0 Å². The van der Waals surface area contributed by atoms with Gasteiger partial charge in [-0.15, -0.1) is 0 Å². The second-order valence-corrected chi connectivity index (χ2v) is 8.24. The van der Waals surface area contributed by atoms with Gasteiger partial charge in [0.1, 0.15) is 4.90 Å². The highest BCUT2D eigenvalue weighted by atomic mass is 32.2. The molecule has 2 aromatic heterocycles. The molecule has 1 aliphatic heterocycles. The fourth-order valence-electron chi connectivity index (χ4n) is 3.11. The van der Waals surface area contributed by atoms with Gasteiger partial charge in [0, 0.05) is 49.2 Å². The van der Waals surface area contributed by atoms with Crippen LogP contribution in [-0.2, 0) is 10.0 Å². The van der Waals surface area contributed by atoms with Crippen LogP contribution in [0.5, 0.6) is 0 Å². The van der Waals surface area contributed by atoms with Crippen LogP contribution in [0.1, 0.15) is 37.3 Å². The van der Waals surface area contributed by atoms with Crippen molar-refractivity contribution in [2.24, 2.45) is 0 Å². The third-order valence-electron chi connectivity index (χ3n) is 4.69. The average Bonchev–Trinajstić information content (AvgIpc) is 3.33. The summed E-state index contributed by atoms with van der Waals surface area (Å²) in [6.45, 7) is 1.60. The Morgan fingerprint density at radius 1 is 1.21 bits per heavy atom. The molecule has 2 aromatic rings. The first kappa shape index (κ1) is 15.6. The van der Waals surface area contributed by atoms with Crippen LogP contribution in [0.15, 0.2) is 35.5 Å². The van der Waals surface area contributed by atoms with Crippen molar-refractivity contribution >= 4 is 15.8 Å². The van der Waals surface area contributed by atoms with Gasteiger partial charge in [0.15, 0.2) is 5.82 Å². The normalized spacial score (nSPS) is 19.6. The average molecular weight is 347 g/mol. The van der Waals surface area contributed by atoms with Gasteiger partial charge in [-0.25, -0.2) is 13.1 Å². The molecule has 2 aliphatic rings. The number of anilines is 1. The van der Waals surface area contributed by atoms with Gasteiger partial charge < -0.3 is 4.90 Å². The maximum Gasteiger partial charge on any atom is 0.242 e. The summed E-state index contributed by atoms with van der Waals surface area (Å²) in [5.74, 6) is 1.64. The Bertz CT molecular complexity index is 793. The maximum atomic E-state index is 12.4. The molecule has 128 valence electrons. The minimum Gasteiger partial charge on any atom is -0.355 e. The number of hydrogen-bond donors (Lipinski definition) is 2. The van der Waals surface area contributed by atoms with E-state index in [2.05, 4.69) is 30.9 Å². The molecule has 4 rings (SSSR count). The van der Waals surface area contributed by atoms with Crippen molar-refractivity contribution in [1.29, 1.82) is 0 Å². The summed E-state index contributed by atoms with van der Waals surface area (Å²) in [6, 6.07) is 5.28. The number of piperidine rings is 1. The summed E-state index contributed by atoms with van der Waals surface area (Å²) in [5.41, 5.74) is 1.23. The Hall–Kier alpha value is -1.93. The van der Waals surface area contributed by atoms with Crippen molar-refractivity contribution < 1.29 is 8.42 Å². The molecule has 1 aliphatic carbocycles. The number of pyridine rings is 1. The lowest BCUT2D eigenvalue weighted by molar-refractivity contribution is 0.458. The number of H-pyrrole nitrogens is 1. The van der Waals surface area contributed by atoms with E-state index in [4.69, 9.17) is 0 Å². The molecule has 7 nitrogen and oxygen atoms in total. The number of sulfonamides is 1. The van der Waals surface area contributed by atoms with Gasteiger partial charge in [-0.05, 0) is 37.8 Å². The minimum atomic E-state index is -3.49. The fraction of sp³-hybridized carbons (Fsp3) is 0.500. The Labute approximate surface area is 141 Å². The Kier molecular flexibility index (Phi) is 4.01. The lowest BCUT2D eigenvalue weighted by atomic mass is 10.1. The van der Waals surface area contributed by atoms with E-state index < -0.39 is 10.0 Å². The number of hydrogen-bond acceptors (Lipinski definition) is 5. The highest BCUT2D eigenvalue weighted by Gasteiger charge is 2.28. The van der Waals surface area contributed by atoms with Gasteiger partial charge in [-0.1, -0.05) is 0 Å². The summed E-state index contributed by atoms with van der Waals surface area (Å²) in [4.78, 5) is 6.31.